The lowest BCUT2D eigenvalue weighted by atomic mass is 10.0. The topological polar surface area (TPSA) is 67.2 Å². The van der Waals surface area contributed by atoms with Crippen molar-refractivity contribution in [1.82, 2.24) is 10.6 Å². The second-order valence-corrected chi connectivity index (χ2v) is 2.97. The zero-order chi connectivity index (χ0) is 8.97. The van der Waals surface area contributed by atoms with Crippen LogP contribution in [0.1, 0.15) is 0 Å². The van der Waals surface area contributed by atoms with E-state index in [2.05, 4.69) is 17.2 Å². The Morgan fingerprint density at radius 3 is 3.08 bits per heavy atom. The summed E-state index contributed by atoms with van der Waals surface area (Å²) in [6, 6.07) is 0.167. The van der Waals surface area contributed by atoms with Gasteiger partial charge in [0.1, 0.15) is 0 Å². The molecule has 0 unspecified atom stereocenters. The molecule has 1 aliphatic heterocycles. The largest absolute Gasteiger partial charge is 0.348 e. The van der Waals surface area contributed by atoms with Crippen molar-refractivity contribution in [3.8, 4) is 0 Å². The Bertz CT molecular complexity index is 181. The van der Waals surface area contributed by atoms with E-state index >= 15 is 0 Å². The Kier molecular flexibility index (Phi) is 3.25. The van der Waals surface area contributed by atoms with Gasteiger partial charge in [-0.05, 0) is 12.6 Å². The van der Waals surface area contributed by atoms with E-state index in [-0.39, 0.29) is 11.9 Å². The van der Waals surface area contributed by atoms with Crippen LogP contribution in [-0.2, 0) is 4.79 Å². The zero-order valence-corrected chi connectivity index (χ0v) is 7.05. The molecule has 2 atom stereocenters. The average molecular weight is 169 g/mol. The second kappa shape index (κ2) is 4.23. The Morgan fingerprint density at radius 2 is 2.50 bits per heavy atom. The number of nitrogens with two attached hydrogens (primary N) is 1. The van der Waals surface area contributed by atoms with Crippen LogP contribution < -0.4 is 16.4 Å². The fraction of sp³-hybridized carbons (Fsp3) is 0.625. The van der Waals surface area contributed by atoms with E-state index in [1.165, 1.54) is 6.08 Å². The molecule has 0 aromatic rings. The van der Waals surface area contributed by atoms with Crippen LogP contribution in [0.5, 0.6) is 0 Å². The first-order valence-corrected chi connectivity index (χ1v) is 4.11. The molecule has 1 saturated heterocycles. The Hall–Kier alpha value is -0.870. The molecule has 0 bridgehead atoms. The lowest BCUT2D eigenvalue weighted by Gasteiger charge is -2.16. The fourth-order valence-corrected chi connectivity index (χ4v) is 1.39. The summed E-state index contributed by atoms with van der Waals surface area (Å²) in [5, 5.41) is 6.00. The van der Waals surface area contributed by atoms with Gasteiger partial charge in [-0.25, -0.2) is 0 Å². The highest BCUT2D eigenvalue weighted by molar-refractivity contribution is 5.87. The van der Waals surface area contributed by atoms with Crippen LogP contribution in [0.15, 0.2) is 12.7 Å². The van der Waals surface area contributed by atoms with Crippen LogP contribution in [0.2, 0.25) is 0 Å². The molecule has 4 heteroatoms. The van der Waals surface area contributed by atoms with Crippen molar-refractivity contribution in [3.63, 3.8) is 0 Å². The van der Waals surface area contributed by atoms with Crippen LogP contribution in [0.3, 0.4) is 0 Å². The lowest BCUT2D eigenvalue weighted by molar-refractivity contribution is -0.117. The summed E-state index contributed by atoms with van der Waals surface area (Å²) < 4.78 is 0. The number of nitrogens with one attached hydrogen (secondary N) is 2. The number of hydrogen-bond acceptors (Lipinski definition) is 3. The molecule has 1 heterocycles. The summed E-state index contributed by atoms with van der Waals surface area (Å²) in [6.45, 7) is 5.69. The highest BCUT2D eigenvalue weighted by atomic mass is 16.1. The van der Waals surface area contributed by atoms with Gasteiger partial charge in [-0.15, -0.1) is 0 Å². The molecule has 12 heavy (non-hydrogen) atoms. The molecule has 1 aliphatic rings. The smallest absolute Gasteiger partial charge is 0.243 e. The van der Waals surface area contributed by atoms with E-state index in [9.17, 15) is 4.79 Å². The minimum Gasteiger partial charge on any atom is -0.348 e. The van der Waals surface area contributed by atoms with Crippen molar-refractivity contribution in [3.05, 3.63) is 12.7 Å². The molecular weight excluding hydrogens is 154 g/mol. The lowest BCUT2D eigenvalue weighted by Crippen LogP contribution is -2.41. The first-order valence-electron chi connectivity index (χ1n) is 4.11. The molecule has 0 aromatic heterocycles. The summed E-state index contributed by atoms with van der Waals surface area (Å²) >= 11 is 0. The van der Waals surface area contributed by atoms with Gasteiger partial charge < -0.3 is 16.4 Å². The van der Waals surface area contributed by atoms with Crippen molar-refractivity contribution in [2.75, 3.05) is 19.6 Å². The highest BCUT2D eigenvalue weighted by Crippen LogP contribution is 2.06. The summed E-state index contributed by atoms with van der Waals surface area (Å²) in [5.41, 5.74) is 5.52. The maximum atomic E-state index is 10.9. The quantitative estimate of drug-likeness (QED) is 0.467. The Morgan fingerprint density at radius 1 is 1.75 bits per heavy atom. The molecule has 68 valence electrons. The standard InChI is InChI=1S/C8H15N3O/c1-2-8(12)11-7-5-10-4-6(7)3-9/h2,6-7,10H,1,3-5,9H2,(H,11,12)/t6-,7-/m0/s1. The van der Waals surface area contributed by atoms with Crippen LogP contribution >= 0.6 is 0 Å². The molecule has 4 N–H and O–H groups in total. The van der Waals surface area contributed by atoms with Crippen molar-refractivity contribution in [2.24, 2.45) is 11.7 Å². The van der Waals surface area contributed by atoms with Crippen molar-refractivity contribution in [1.29, 1.82) is 0 Å². The van der Waals surface area contributed by atoms with Crippen LogP contribution in [-0.4, -0.2) is 31.6 Å². The van der Waals surface area contributed by atoms with Gasteiger partial charge in [0, 0.05) is 25.0 Å². The minimum atomic E-state index is -0.123. The van der Waals surface area contributed by atoms with Gasteiger partial charge in [0.05, 0.1) is 0 Å². The predicted molar refractivity (Wildman–Crippen MR) is 47.5 cm³/mol. The van der Waals surface area contributed by atoms with Crippen LogP contribution in [0.25, 0.3) is 0 Å². The summed E-state index contributed by atoms with van der Waals surface area (Å²) in [5.74, 6) is 0.232. The van der Waals surface area contributed by atoms with Gasteiger partial charge >= 0.3 is 0 Å². The minimum absolute atomic E-state index is 0.123. The molecule has 1 rings (SSSR count). The van der Waals surface area contributed by atoms with E-state index in [0.717, 1.165) is 13.1 Å². The molecule has 4 nitrogen and oxygen atoms in total. The van der Waals surface area contributed by atoms with Gasteiger partial charge in [-0.1, -0.05) is 6.58 Å². The van der Waals surface area contributed by atoms with Gasteiger partial charge in [0.25, 0.3) is 0 Å². The van der Waals surface area contributed by atoms with Gasteiger partial charge in [-0.3, -0.25) is 4.79 Å². The molecule has 0 aromatic carbocycles. The van der Waals surface area contributed by atoms with Crippen molar-refractivity contribution in [2.45, 2.75) is 6.04 Å². The highest BCUT2D eigenvalue weighted by Gasteiger charge is 2.26. The maximum absolute atomic E-state index is 10.9. The monoisotopic (exact) mass is 169 g/mol. The average Bonchev–Trinajstić information content (AvgIpc) is 2.51. The van der Waals surface area contributed by atoms with Gasteiger partial charge in [-0.2, -0.15) is 0 Å². The Balaban J connectivity index is 2.40. The van der Waals surface area contributed by atoms with E-state index in [1.54, 1.807) is 0 Å². The SMILES string of the molecule is C=CC(=O)N[C@H]1CNC[C@@H]1CN. The van der Waals surface area contributed by atoms with Gasteiger partial charge in [0.15, 0.2) is 0 Å². The van der Waals surface area contributed by atoms with Crippen LogP contribution in [0.4, 0.5) is 0 Å². The fourth-order valence-electron chi connectivity index (χ4n) is 1.39. The van der Waals surface area contributed by atoms with E-state index in [0.29, 0.717) is 12.5 Å². The Labute approximate surface area is 72.2 Å². The molecule has 0 saturated carbocycles. The third-order valence-electron chi connectivity index (χ3n) is 2.16. The molecular formula is C8H15N3O. The number of amides is 1. The third-order valence-corrected chi connectivity index (χ3v) is 2.16. The van der Waals surface area contributed by atoms with E-state index in [4.69, 9.17) is 5.73 Å². The van der Waals surface area contributed by atoms with Crippen molar-refractivity contribution < 1.29 is 4.79 Å². The molecule has 0 spiro atoms. The van der Waals surface area contributed by atoms with E-state index in [1.807, 2.05) is 0 Å². The molecule has 1 amide bonds. The number of rotatable bonds is 3. The van der Waals surface area contributed by atoms with E-state index < -0.39 is 0 Å². The second-order valence-electron chi connectivity index (χ2n) is 2.97. The first-order chi connectivity index (χ1) is 5.77. The first kappa shape index (κ1) is 9.22. The third kappa shape index (κ3) is 2.06. The predicted octanol–water partition coefficient (Wildman–Crippen LogP) is -1.16. The normalized spacial score (nSPS) is 28.4. The zero-order valence-electron chi connectivity index (χ0n) is 7.05. The summed E-state index contributed by atoms with van der Waals surface area (Å²) in [6.07, 6.45) is 1.28. The molecule has 0 radical (unpaired) electrons. The maximum Gasteiger partial charge on any atom is 0.243 e. The van der Waals surface area contributed by atoms with Crippen molar-refractivity contribution >= 4 is 5.91 Å². The number of carbonyl (C=O) groups excluding carboxylic acids is 1. The number of hydrogen-bond donors (Lipinski definition) is 3. The molecule has 1 fully saturated rings. The summed E-state index contributed by atoms with van der Waals surface area (Å²) in [4.78, 5) is 10.9. The van der Waals surface area contributed by atoms with Crippen LogP contribution in [0, 0.1) is 5.92 Å². The summed E-state index contributed by atoms with van der Waals surface area (Å²) in [7, 11) is 0. The van der Waals surface area contributed by atoms with Gasteiger partial charge in [0.2, 0.25) is 5.91 Å². The number of carbonyl (C=O) groups is 1. The molecule has 0 aliphatic carbocycles.